The molecule has 0 aromatic heterocycles. The number of hydrogen-bond donors (Lipinski definition) is 3. The van der Waals surface area contributed by atoms with Crippen molar-refractivity contribution in [1.82, 2.24) is 10.2 Å². The van der Waals surface area contributed by atoms with Gasteiger partial charge in [-0.15, -0.1) is 0 Å². The molecule has 2 atom stereocenters. The molecular weight excluding hydrogens is 318 g/mol. The Kier molecular flexibility index (Phi) is 4.15. The van der Waals surface area contributed by atoms with Crippen molar-refractivity contribution < 1.29 is 14.7 Å². The number of carbonyl (C=O) groups excluding carboxylic acids is 2. The van der Waals surface area contributed by atoms with Gasteiger partial charge in [0.2, 0.25) is 0 Å². The van der Waals surface area contributed by atoms with Crippen LogP contribution in [0.25, 0.3) is 0 Å². The second-order valence-corrected chi connectivity index (χ2v) is 7.63. The van der Waals surface area contributed by atoms with Crippen LogP contribution in [0.5, 0.6) is 0 Å². The summed E-state index contributed by atoms with van der Waals surface area (Å²) in [6.07, 6.45) is 5.03. The molecule has 2 saturated heterocycles. The number of anilines is 1. The first-order chi connectivity index (χ1) is 12.0. The van der Waals surface area contributed by atoms with E-state index < -0.39 is 0 Å². The van der Waals surface area contributed by atoms with Crippen molar-refractivity contribution in [3.63, 3.8) is 0 Å². The summed E-state index contributed by atoms with van der Waals surface area (Å²) in [6, 6.07) is 5.84. The summed E-state index contributed by atoms with van der Waals surface area (Å²) >= 11 is 0. The van der Waals surface area contributed by atoms with Gasteiger partial charge in [0.15, 0.2) is 0 Å². The number of aliphatic hydroxyl groups is 1. The molecule has 25 heavy (non-hydrogen) atoms. The zero-order valence-electron chi connectivity index (χ0n) is 14.5. The van der Waals surface area contributed by atoms with Gasteiger partial charge in [0.1, 0.15) is 0 Å². The number of aliphatic hydroxyl groups excluding tert-OH is 1. The smallest absolute Gasteiger partial charge is 0.322 e. The summed E-state index contributed by atoms with van der Waals surface area (Å²) in [5, 5.41) is 15.9. The largest absolute Gasteiger partial charge is 0.393 e. The van der Waals surface area contributed by atoms with Gasteiger partial charge in [0.05, 0.1) is 6.10 Å². The molecule has 6 heteroatoms. The molecule has 1 saturated carbocycles. The summed E-state index contributed by atoms with van der Waals surface area (Å²) in [6.45, 7) is 1.92. The highest BCUT2D eigenvalue weighted by atomic mass is 16.3. The summed E-state index contributed by atoms with van der Waals surface area (Å²) < 4.78 is 0. The number of nitrogens with zero attached hydrogens (tertiary/aromatic N) is 1. The SMILES string of the molecule is Cc1ccc(C(=O)NC2CC2)cc1NC(=O)N1[C@H]2CC[C@H]1CC(O)C2. The Balaban J connectivity index is 1.48. The minimum absolute atomic E-state index is 0.0841. The number of nitrogens with one attached hydrogen (secondary N) is 2. The molecule has 3 amide bonds. The molecule has 2 heterocycles. The molecule has 0 spiro atoms. The van der Waals surface area contributed by atoms with E-state index in [1.165, 1.54) is 0 Å². The second kappa shape index (κ2) is 6.33. The van der Waals surface area contributed by atoms with E-state index in [2.05, 4.69) is 10.6 Å². The molecule has 1 aromatic rings. The van der Waals surface area contributed by atoms with E-state index in [9.17, 15) is 14.7 Å². The number of urea groups is 1. The van der Waals surface area contributed by atoms with Gasteiger partial charge in [-0.2, -0.15) is 0 Å². The van der Waals surface area contributed by atoms with E-state index >= 15 is 0 Å². The van der Waals surface area contributed by atoms with E-state index in [0.29, 0.717) is 30.1 Å². The van der Waals surface area contributed by atoms with Gasteiger partial charge in [-0.05, 0) is 63.1 Å². The zero-order valence-corrected chi connectivity index (χ0v) is 14.5. The molecule has 3 N–H and O–H groups in total. The van der Waals surface area contributed by atoms with Crippen LogP contribution >= 0.6 is 0 Å². The molecule has 6 nitrogen and oxygen atoms in total. The monoisotopic (exact) mass is 343 g/mol. The number of carbonyl (C=O) groups is 2. The lowest BCUT2D eigenvalue weighted by Crippen LogP contribution is -2.49. The van der Waals surface area contributed by atoms with E-state index in [0.717, 1.165) is 31.2 Å². The fourth-order valence-corrected chi connectivity index (χ4v) is 4.05. The van der Waals surface area contributed by atoms with Crippen LogP contribution in [0.1, 0.15) is 54.4 Å². The van der Waals surface area contributed by atoms with Crippen molar-refractivity contribution in [2.45, 2.75) is 69.7 Å². The number of rotatable bonds is 3. The van der Waals surface area contributed by atoms with Gasteiger partial charge in [0, 0.05) is 29.4 Å². The third kappa shape index (κ3) is 3.35. The molecule has 0 radical (unpaired) electrons. The fourth-order valence-electron chi connectivity index (χ4n) is 4.05. The van der Waals surface area contributed by atoms with E-state index in [1.54, 1.807) is 12.1 Å². The maximum Gasteiger partial charge on any atom is 0.322 e. The number of benzene rings is 1. The lowest BCUT2D eigenvalue weighted by Gasteiger charge is -2.37. The first-order valence-electron chi connectivity index (χ1n) is 9.20. The molecule has 1 aromatic carbocycles. The van der Waals surface area contributed by atoms with Gasteiger partial charge >= 0.3 is 6.03 Å². The standard InChI is InChI=1S/C19H25N3O3/c1-11-2-3-12(18(24)20-13-4-5-13)8-17(11)21-19(25)22-14-6-7-15(22)10-16(23)9-14/h2-3,8,13-16,23H,4-7,9-10H2,1H3,(H,20,24)(H,21,25)/t14-,15-/m0/s1. The summed E-state index contributed by atoms with van der Waals surface area (Å²) in [4.78, 5) is 26.9. The number of aryl methyl sites for hydroxylation is 1. The Hall–Kier alpha value is -2.08. The van der Waals surface area contributed by atoms with Crippen molar-refractivity contribution in [1.29, 1.82) is 0 Å². The first kappa shape index (κ1) is 16.4. The average Bonchev–Trinajstić information content (AvgIpc) is 3.33. The molecule has 1 aliphatic carbocycles. The van der Waals surface area contributed by atoms with Crippen LogP contribution in [0.3, 0.4) is 0 Å². The highest BCUT2D eigenvalue weighted by Gasteiger charge is 2.42. The number of piperidine rings is 1. The highest BCUT2D eigenvalue weighted by Crippen LogP contribution is 2.36. The van der Waals surface area contributed by atoms with Crippen LogP contribution in [0.4, 0.5) is 10.5 Å². The van der Waals surface area contributed by atoms with Crippen molar-refractivity contribution >= 4 is 17.6 Å². The Morgan fingerprint density at radius 2 is 1.80 bits per heavy atom. The zero-order chi connectivity index (χ0) is 17.6. The predicted octanol–water partition coefficient (Wildman–Crippen LogP) is 2.41. The number of amides is 3. The first-order valence-corrected chi connectivity index (χ1v) is 9.20. The molecule has 4 rings (SSSR count). The summed E-state index contributed by atoms with van der Waals surface area (Å²) in [5.74, 6) is -0.0841. The van der Waals surface area contributed by atoms with Gasteiger partial charge < -0.3 is 20.6 Å². The third-order valence-corrected chi connectivity index (χ3v) is 5.60. The quantitative estimate of drug-likeness (QED) is 0.788. The summed E-state index contributed by atoms with van der Waals surface area (Å²) in [7, 11) is 0. The molecule has 2 aliphatic heterocycles. The number of fused-ring (bicyclic) bond motifs is 2. The van der Waals surface area contributed by atoms with Gasteiger partial charge in [-0.25, -0.2) is 4.79 Å². The predicted molar refractivity (Wildman–Crippen MR) is 94.6 cm³/mol. The maximum atomic E-state index is 12.8. The topological polar surface area (TPSA) is 81.7 Å². The van der Waals surface area contributed by atoms with E-state index in [-0.39, 0.29) is 30.1 Å². The van der Waals surface area contributed by atoms with Crippen LogP contribution in [0, 0.1) is 6.92 Å². The molecule has 3 aliphatic rings. The van der Waals surface area contributed by atoms with Crippen LogP contribution in [0.2, 0.25) is 0 Å². The lowest BCUT2D eigenvalue weighted by atomic mass is 10.0. The molecule has 134 valence electrons. The minimum atomic E-state index is -0.294. The van der Waals surface area contributed by atoms with Gasteiger partial charge in [0.25, 0.3) is 5.91 Å². The highest BCUT2D eigenvalue weighted by molar-refractivity contribution is 5.97. The van der Waals surface area contributed by atoms with Crippen molar-refractivity contribution in [2.75, 3.05) is 5.32 Å². The maximum absolute atomic E-state index is 12.8. The van der Waals surface area contributed by atoms with E-state index in [1.807, 2.05) is 17.9 Å². The Morgan fingerprint density at radius 3 is 2.44 bits per heavy atom. The Labute approximate surface area is 147 Å². The average molecular weight is 343 g/mol. The normalized spacial score (nSPS) is 27.9. The van der Waals surface area contributed by atoms with Gasteiger partial charge in [-0.3, -0.25) is 4.79 Å². The van der Waals surface area contributed by atoms with Crippen molar-refractivity contribution in [3.05, 3.63) is 29.3 Å². The van der Waals surface area contributed by atoms with Crippen molar-refractivity contribution in [2.24, 2.45) is 0 Å². The second-order valence-electron chi connectivity index (χ2n) is 7.63. The number of hydrogen-bond acceptors (Lipinski definition) is 3. The van der Waals surface area contributed by atoms with Crippen molar-refractivity contribution in [3.8, 4) is 0 Å². The van der Waals surface area contributed by atoms with E-state index in [4.69, 9.17) is 0 Å². The molecule has 2 bridgehead atoms. The summed E-state index contributed by atoms with van der Waals surface area (Å²) in [5.41, 5.74) is 2.18. The minimum Gasteiger partial charge on any atom is -0.393 e. The van der Waals surface area contributed by atoms with Crippen LogP contribution < -0.4 is 10.6 Å². The molecular formula is C19H25N3O3. The van der Waals surface area contributed by atoms with Gasteiger partial charge in [-0.1, -0.05) is 6.07 Å². The molecule has 0 unspecified atom stereocenters. The lowest BCUT2D eigenvalue weighted by molar-refractivity contribution is 0.0580. The van der Waals surface area contributed by atoms with Crippen LogP contribution in [-0.4, -0.2) is 46.2 Å². The fraction of sp³-hybridized carbons (Fsp3) is 0.579. The van der Waals surface area contributed by atoms with Crippen LogP contribution in [-0.2, 0) is 0 Å². The Morgan fingerprint density at radius 1 is 1.12 bits per heavy atom. The Bertz CT molecular complexity index is 687. The third-order valence-electron chi connectivity index (χ3n) is 5.60. The molecule has 3 fully saturated rings. The van der Waals surface area contributed by atoms with Crippen LogP contribution in [0.15, 0.2) is 18.2 Å².